The van der Waals surface area contributed by atoms with Crippen molar-refractivity contribution in [1.82, 2.24) is 5.32 Å². The third kappa shape index (κ3) is 3.89. The van der Waals surface area contributed by atoms with Crippen molar-refractivity contribution in [2.45, 2.75) is 45.8 Å². The number of nitrogens with one attached hydrogen (secondary N) is 1. The van der Waals surface area contributed by atoms with Gasteiger partial charge in [0.15, 0.2) is 6.10 Å². The highest BCUT2D eigenvalue weighted by Crippen LogP contribution is 2.31. The van der Waals surface area contributed by atoms with Crippen LogP contribution < -0.4 is 10.1 Å². The number of fused-ring (bicyclic) bond motifs is 1. The van der Waals surface area contributed by atoms with E-state index in [2.05, 4.69) is 5.32 Å². The van der Waals surface area contributed by atoms with Gasteiger partial charge in [0.25, 0.3) is 5.91 Å². The second-order valence-corrected chi connectivity index (χ2v) is 6.94. The number of aliphatic hydroxyl groups excluding tert-OH is 1. The van der Waals surface area contributed by atoms with E-state index in [1.807, 2.05) is 26.8 Å². The Morgan fingerprint density at radius 3 is 2.86 bits per heavy atom. The fourth-order valence-corrected chi connectivity index (χ4v) is 2.67. The maximum Gasteiger partial charge on any atom is 0.261 e. The summed E-state index contributed by atoms with van der Waals surface area (Å²) in [5, 5.41) is 12.8. The molecule has 2 unspecified atom stereocenters. The number of hydrogen-bond donors (Lipinski definition) is 2. The molecule has 0 radical (unpaired) electrons. The number of benzene rings is 1. The summed E-state index contributed by atoms with van der Waals surface area (Å²) in [6.45, 7) is 6.16. The minimum Gasteiger partial charge on any atom is -0.480 e. The molecule has 0 saturated carbocycles. The molecular weight excluding hydrogens is 290 g/mol. The van der Waals surface area contributed by atoms with Crippen molar-refractivity contribution in [1.29, 1.82) is 0 Å². The third-order valence-electron chi connectivity index (χ3n) is 3.77. The summed E-state index contributed by atoms with van der Waals surface area (Å²) < 4.78 is 5.68. The predicted molar refractivity (Wildman–Crippen MR) is 82.7 cm³/mol. The lowest BCUT2D eigenvalue weighted by molar-refractivity contribution is -0.128. The molecule has 0 bridgehead atoms. The SMILES string of the molecule is CC(C)(C)C(CCO)NC(=O)C1Cc2cc(Cl)ccc2O1. The summed E-state index contributed by atoms with van der Waals surface area (Å²) in [5.74, 6) is 0.574. The Balaban J connectivity index is 2.02. The second kappa shape index (κ2) is 6.24. The molecule has 1 aromatic carbocycles. The molecule has 0 aliphatic carbocycles. The van der Waals surface area contributed by atoms with Gasteiger partial charge in [0.2, 0.25) is 0 Å². The van der Waals surface area contributed by atoms with E-state index in [4.69, 9.17) is 21.4 Å². The van der Waals surface area contributed by atoms with Gasteiger partial charge in [-0.05, 0) is 35.6 Å². The van der Waals surface area contributed by atoms with Gasteiger partial charge in [0.1, 0.15) is 5.75 Å². The van der Waals surface area contributed by atoms with Crippen LogP contribution in [-0.2, 0) is 11.2 Å². The van der Waals surface area contributed by atoms with Crippen LogP contribution in [-0.4, -0.2) is 29.8 Å². The first kappa shape index (κ1) is 16.1. The fraction of sp³-hybridized carbons (Fsp3) is 0.562. The Labute approximate surface area is 130 Å². The molecule has 5 heteroatoms. The van der Waals surface area contributed by atoms with E-state index >= 15 is 0 Å². The Kier molecular flexibility index (Phi) is 4.79. The van der Waals surface area contributed by atoms with E-state index in [0.29, 0.717) is 23.6 Å². The predicted octanol–water partition coefficient (Wildman–Crippen LogP) is 2.56. The van der Waals surface area contributed by atoms with Crippen LogP contribution in [0.4, 0.5) is 0 Å². The average Bonchev–Trinajstić information content (AvgIpc) is 2.80. The highest BCUT2D eigenvalue weighted by Gasteiger charge is 2.33. The van der Waals surface area contributed by atoms with Gasteiger partial charge in [0.05, 0.1) is 0 Å². The Morgan fingerprint density at radius 1 is 1.52 bits per heavy atom. The third-order valence-corrected chi connectivity index (χ3v) is 4.00. The van der Waals surface area contributed by atoms with Gasteiger partial charge in [0, 0.05) is 24.1 Å². The average molecular weight is 312 g/mol. The second-order valence-electron chi connectivity index (χ2n) is 6.50. The fourth-order valence-electron chi connectivity index (χ4n) is 2.48. The monoisotopic (exact) mass is 311 g/mol. The summed E-state index contributed by atoms with van der Waals surface area (Å²) in [4.78, 5) is 12.4. The zero-order valence-corrected chi connectivity index (χ0v) is 13.4. The smallest absolute Gasteiger partial charge is 0.261 e. The molecule has 1 aliphatic heterocycles. The lowest BCUT2D eigenvalue weighted by Gasteiger charge is -2.31. The van der Waals surface area contributed by atoms with E-state index < -0.39 is 6.10 Å². The summed E-state index contributed by atoms with van der Waals surface area (Å²) in [6, 6.07) is 5.29. The van der Waals surface area contributed by atoms with Crippen LogP contribution >= 0.6 is 11.6 Å². The molecule has 1 heterocycles. The molecule has 0 aromatic heterocycles. The van der Waals surface area contributed by atoms with Gasteiger partial charge >= 0.3 is 0 Å². The van der Waals surface area contributed by atoms with Crippen molar-refractivity contribution in [3.8, 4) is 5.75 Å². The van der Waals surface area contributed by atoms with E-state index in [0.717, 1.165) is 5.56 Å². The number of hydrogen-bond acceptors (Lipinski definition) is 3. The van der Waals surface area contributed by atoms with E-state index in [1.165, 1.54) is 0 Å². The lowest BCUT2D eigenvalue weighted by atomic mass is 9.84. The van der Waals surface area contributed by atoms with Crippen molar-refractivity contribution in [2.24, 2.45) is 5.41 Å². The maximum absolute atomic E-state index is 12.4. The topological polar surface area (TPSA) is 58.6 Å². The van der Waals surface area contributed by atoms with Gasteiger partial charge in [-0.3, -0.25) is 4.79 Å². The zero-order chi connectivity index (χ0) is 15.6. The molecule has 21 heavy (non-hydrogen) atoms. The van der Waals surface area contributed by atoms with Crippen LogP contribution in [0, 0.1) is 5.41 Å². The van der Waals surface area contributed by atoms with Gasteiger partial charge < -0.3 is 15.2 Å². The van der Waals surface area contributed by atoms with Crippen LogP contribution in [0.2, 0.25) is 5.02 Å². The molecule has 1 aromatic rings. The van der Waals surface area contributed by atoms with Crippen LogP contribution in [0.15, 0.2) is 18.2 Å². The van der Waals surface area contributed by atoms with Crippen molar-refractivity contribution in [2.75, 3.05) is 6.61 Å². The number of aliphatic hydroxyl groups is 1. The summed E-state index contributed by atoms with van der Waals surface area (Å²) in [5.41, 5.74) is 0.838. The van der Waals surface area contributed by atoms with Gasteiger partial charge in [-0.15, -0.1) is 0 Å². The number of halogens is 1. The van der Waals surface area contributed by atoms with Crippen molar-refractivity contribution >= 4 is 17.5 Å². The Morgan fingerprint density at radius 2 is 2.24 bits per heavy atom. The molecule has 1 aliphatic rings. The van der Waals surface area contributed by atoms with Gasteiger partial charge in [-0.1, -0.05) is 32.4 Å². The number of amides is 1. The number of carbonyl (C=O) groups is 1. The highest BCUT2D eigenvalue weighted by molar-refractivity contribution is 6.30. The first-order chi connectivity index (χ1) is 9.81. The molecular formula is C16H22ClNO3. The number of carbonyl (C=O) groups excluding carboxylic acids is 1. The number of ether oxygens (including phenoxy) is 1. The first-order valence-electron chi connectivity index (χ1n) is 7.17. The molecule has 2 N–H and O–H groups in total. The van der Waals surface area contributed by atoms with Crippen LogP contribution in [0.25, 0.3) is 0 Å². The zero-order valence-electron chi connectivity index (χ0n) is 12.6. The van der Waals surface area contributed by atoms with E-state index in [1.54, 1.807) is 12.1 Å². The molecule has 0 spiro atoms. The molecule has 4 nitrogen and oxygen atoms in total. The van der Waals surface area contributed by atoms with Gasteiger partial charge in [-0.2, -0.15) is 0 Å². The van der Waals surface area contributed by atoms with Crippen LogP contribution in [0.3, 0.4) is 0 Å². The standard InChI is InChI=1S/C16H22ClNO3/c1-16(2,3)14(6-7-19)18-15(20)13-9-10-8-11(17)4-5-12(10)21-13/h4-5,8,13-14,19H,6-7,9H2,1-3H3,(H,18,20). The molecule has 2 atom stereocenters. The van der Waals surface area contributed by atoms with Crippen molar-refractivity contribution in [3.63, 3.8) is 0 Å². The molecule has 116 valence electrons. The quantitative estimate of drug-likeness (QED) is 0.898. The summed E-state index contributed by atoms with van der Waals surface area (Å²) in [6.07, 6.45) is 0.528. The Hall–Kier alpha value is -1.26. The molecule has 1 amide bonds. The summed E-state index contributed by atoms with van der Waals surface area (Å²) >= 11 is 5.95. The highest BCUT2D eigenvalue weighted by atomic mass is 35.5. The van der Waals surface area contributed by atoms with E-state index in [-0.39, 0.29) is 24.0 Å². The maximum atomic E-state index is 12.4. The minimum atomic E-state index is -0.526. The lowest BCUT2D eigenvalue weighted by Crippen LogP contribution is -2.49. The van der Waals surface area contributed by atoms with Crippen LogP contribution in [0.1, 0.15) is 32.8 Å². The van der Waals surface area contributed by atoms with Crippen molar-refractivity contribution < 1.29 is 14.6 Å². The number of rotatable bonds is 4. The normalized spacial score (nSPS) is 18.8. The summed E-state index contributed by atoms with van der Waals surface area (Å²) in [7, 11) is 0. The molecule has 0 fully saturated rings. The van der Waals surface area contributed by atoms with Gasteiger partial charge in [-0.25, -0.2) is 0 Å². The van der Waals surface area contributed by atoms with Crippen LogP contribution in [0.5, 0.6) is 5.75 Å². The molecule has 0 saturated heterocycles. The van der Waals surface area contributed by atoms with E-state index in [9.17, 15) is 4.79 Å². The minimum absolute atomic E-state index is 0.0452. The first-order valence-corrected chi connectivity index (χ1v) is 7.55. The molecule has 2 rings (SSSR count). The Bertz CT molecular complexity index is 525. The largest absolute Gasteiger partial charge is 0.480 e. The van der Waals surface area contributed by atoms with Crippen molar-refractivity contribution in [3.05, 3.63) is 28.8 Å².